The summed E-state index contributed by atoms with van der Waals surface area (Å²) >= 11 is 0. The Hall–Kier alpha value is -3.67. The van der Waals surface area contributed by atoms with E-state index in [4.69, 9.17) is 9.47 Å². The summed E-state index contributed by atoms with van der Waals surface area (Å²) in [4.78, 5) is 39.0. The summed E-state index contributed by atoms with van der Waals surface area (Å²) < 4.78 is 10.1. The molecule has 194 valence electrons. The van der Waals surface area contributed by atoms with E-state index in [-0.39, 0.29) is 23.9 Å². The van der Waals surface area contributed by atoms with E-state index in [0.29, 0.717) is 6.54 Å². The maximum absolute atomic E-state index is 13.7. The lowest BCUT2D eigenvalue weighted by atomic mass is 9.88. The number of anilines is 1. The van der Waals surface area contributed by atoms with Crippen molar-refractivity contribution in [3.05, 3.63) is 77.4 Å². The second-order valence-electron chi connectivity index (χ2n) is 9.78. The van der Waals surface area contributed by atoms with Crippen molar-refractivity contribution in [2.45, 2.75) is 64.0 Å². The minimum absolute atomic E-state index is 0.0203. The SMILES string of the molecule is COC(=O)/C=C/c1cccc(N(Cc2ccc(/C=C/C(=O)OC3CCC3)cc2)C(=O)C2CCCCC2)c1. The van der Waals surface area contributed by atoms with Crippen LogP contribution in [-0.4, -0.2) is 31.1 Å². The Morgan fingerprint density at radius 2 is 1.54 bits per heavy atom. The van der Waals surface area contributed by atoms with Gasteiger partial charge in [-0.2, -0.15) is 0 Å². The zero-order chi connectivity index (χ0) is 26.0. The summed E-state index contributed by atoms with van der Waals surface area (Å²) in [5, 5.41) is 0. The van der Waals surface area contributed by atoms with Crippen LogP contribution in [0.1, 0.15) is 68.1 Å². The summed E-state index contributed by atoms with van der Waals surface area (Å²) in [5.41, 5.74) is 3.51. The average Bonchev–Trinajstić information content (AvgIpc) is 2.92. The third kappa shape index (κ3) is 7.66. The van der Waals surface area contributed by atoms with Crippen molar-refractivity contribution in [3.8, 4) is 0 Å². The fourth-order valence-corrected chi connectivity index (χ4v) is 4.67. The first-order chi connectivity index (χ1) is 18.0. The number of nitrogens with zero attached hydrogens (tertiary/aromatic N) is 1. The Morgan fingerprint density at radius 3 is 2.22 bits per heavy atom. The molecule has 0 spiro atoms. The van der Waals surface area contributed by atoms with Gasteiger partial charge in [-0.3, -0.25) is 4.79 Å². The highest BCUT2D eigenvalue weighted by Crippen LogP contribution is 2.29. The molecule has 0 aliphatic heterocycles. The highest BCUT2D eigenvalue weighted by atomic mass is 16.5. The lowest BCUT2D eigenvalue weighted by molar-refractivity contribution is -0.146. The van der Waals surface area contributed by atoms with Crippen molar-refractivity contribution < 1.29 is 23.9 Å². The van der Waals surface area contributed by atoms with Crippen molar-refractivity contribution >= 4 is 35.7 Å². The van der Waals surface area contributed by atoms with Gasteiger partial charge in [0.25, 0.3) is 0 Å². The van der Waals surface area contributed by atoms with E-state index in [1.54, 1.807) is 12.2 Å². The van der Waals surface area contributed by atoms with E-state index < -0.39 is 5.97 Å². The van der Waals surface area contributed by atoms with Crippen LogP contribution in [0.25, 0.3) is 12.2 Å². The second-order valence-corrected chi connectivity index (χ2v) is 9.78. The smallest absolute Gasteiger partial charge is 0.331 e. The van der Waals surface area contributed by atoms with Crippen LogP contribution in [0.2, 0.25) is 0 Å². The molecule has 2 fully saturated rings. The summed E-state index contributed by atoms with van der Waals surface area (Å²) in [7, 11) is 1.34. The molecule has 0 heterocycles. The van der Waals surface area contributed by atoms with Gasteiger partial charge in [-0.25, -0.2) is 9.59 Å². The van der Waals surface area contributed by atoms with E-state index in [1.165, 1.54) is 25.7 Å². The van der Waals surface area contributed by atoms with E-state index in [9.17, 15) is 14.4 Å². The number of benzene rings is 2. The van der Waals surface area contributed by atoms with E-state index in [1.807, 2.05) is 53.4 Å². The van der Waals surface area contributed by atoms with Crippen LogP contribution in [0.15, 0.2) is 60.7 Å². The molecule has 4 rings (SSSR count). The number of carbonyl (C=O) groups excluding carboxylic acids is 3. The lowest BCUT2D eigenvalue weighted by Crippen LogP contribution is -2.36. The van der Waals surface area contributed by atoms with Crippen molar-refractivity contribution in [2.75, 3.05) is 12.0 Å². The Bertz CT molecular complexity index is 1140. The molecule has 2 saturated carbocycles. The molecule has 0 atom stereocenters. The molecule has 0 radical (unpaired) electrons. The quantitative estimate of drug-likeness (QED) is 0.307. The number of amides is 1. The van der Waals surface area contributed by atoms with Crippen LogP contribution in [0.5, 0.6) is 0 Å². The maximum Gasteiger partial charge on any atom is 0.331 e. The van der Waals surface area contributed by atoms with Gasteiger partial charge in [-0.15, -0.1) is 0 Å². The van der Waals surface area contributed by atoms with Crippen molar-refractivity contribution in [2.24, 2.45) is 5.92 Å². The molecule has 0 aromatic heterocycles. The molecule has 6 nitrogen and oxygen atoms in total. The third-order valence-corrected chi connectivity index (χ3v) is 7.08. The van der Waals surface area contributed by atoms with Gasteiger partial charge in [0.2, 0.25) is 5.91 Å². The van der Waals surface area contributed by atoms with Gasteiger partial charge >= 0.3 is 11.9 Å². The van der Waals surface area contributed by atoms with E-state index in [2.05, 4.69) is 0 Å². The van der Waals surface area contributed by atoms with Gasteiger partial charge in [0.15, 0.2) is 0 Å². The minimum Gasteiger partial charge on any atom is -0.466 e. The fourth-order valence-electron chi connectivity index (χ4n) is 4.67. The molecule has 2 aromatic rings. The Kier molecular flexibility index (Phi) is 9.30. The molecule has 2 aliphatic rings. The van der Waals surface area contributed by atoms with Gasteiger partial charge in [0.1, 0.15) is 6.10 Å². The largest absolute Gasteiger partial charge is 0.466 e. The minimum atomic E-state index is -0.425. The van der Waals surface area contributed by atoms with Crippen molar-refractivity contribution in [1.29, 1.82) is 0 Å². The number of carbonyl (C=O) groups is 3. The number of hydrogen-bond donors (Lipinski definition) is 0. The van der Waals surface area contributed by atoms with Gasteiger partial charge in [-0.1, -0.05) is 55.7 Å². The number of esters is 2. The van der Waals surface area contributed by atoms with Gasteiger partial charge in [-0.05, 0) is 73.1 Å². The van der Waals surface area contributed by atoms with Crippen molar-refractivity contribution in [3.63, 3.8) is 0 Å². The Balaban J connectivity index is 1.50. The number of methoxy groups -OCH3 is 1. The Labute approximate surface area is 219 Å². The lowest BCUT2D eigenvalue weighted by Gasteiger charge is -2.30. The molecule has 2 aromatic carbocycles. The number of hydrogen-bond acceptors (Lipinski definition) is 5. The van der Waals surface area contributed by atoms with Crippen LogP contribution < -0.4 is 4.90 Å². The highest BCUT2D eigenvalue weighted by Gasteiger charge is 2.27. The molecule has 37 heavy (non-hydrogen) atoms. The third-order valence-electron chi connectivity index (χ3n) is 7.08. The molecule has 2 aliphatic carbocycles. The fraction of sp³-hybridized carbons (Fsp3) is 0.387. The monoisotopic (exact) mass is 501 g/mol. The van der Waals surface area contributed by atoms with Gasteiger partial charge in [0.05, 0.1) is 13.7 Å². The Morgan fingerprint density at radius 1 is 0.838 bits per heavy atom. The summed E-state index contributed by atoms with van der Waals surface area (Å²) in [6, 6.07) is 15.5. The van der Waals surface area contributed by atoms with Gasteiger partial charge in [0, 0.05) is 23.8 Å². The molecule has 0 saturated heterocycles. The average molecular weight is 502 g/mol. The first kappa shape index (κ1) is 26.4. The predicted octanol–water partition coefficient (Wildman–Crippen LogP) is 6.10. The summed E-state index contributed by atoms with van der Waals surface area (Å²) in [5.74, 6) is -0.575. The molecule has 0 unspecified atom stereocenters. The van der Waals surface area contributed by atoms with Crippen LogP contribution in [-0.2, 0) is 30.4 Å². The van der Waals surface area contributed by atoms with E-state index >= 15 is 0 Å². The first-order valence-corrected chi connectivity index (χ1v) is 13.2. The molecule has 6 heteroatoms. The standard InChI is InChI=1S/C31H35NO5/c1-36-29(33)19-18-24-7-5-10-27(21-24)32(31(35)26-8-3-2-4-9-26)22-25-15-13-23(14-16-25)17-20-30(34)37-28-11-6-12-28/h5,7,10,13-21,26,28H,2-4,6,8-9,11-12,22H2,1H3/b19-18+,20-17+. The molecule has 0 bridgehead atoms. The zero-order valence-corrected chi connectivity index (χ0v) is 21.4. The number of ether oxygens (including phenoxy) is 2. The molecule has 0 N–H and O–H groups in total. The number of rotatable bonds is 9. The topological polar surface area (TPSA) is 72.9 Å². The van der Waals surface area contributed by atoms with Crippen LogP contribution >= 0.6 is 0 Å². The maximum atomic E-state index is 13.7. The van der Waals surface area contributed by atoms with E-state index in [0.717, 1.165) is 67.3 Å². The van der Waals surface area contributed by atoms with Gasteiger partial charge < -0.3 is 14.4 Å². The molecular weight excluding hydrogens is 466 g/mol. The normalized spacial score (nSPS) is 16.5. The predicted molar refractivity (Wildman–Crippen MR) is 144 cm³/mol. The summed E-state index contributed by atoms with van der Waals surface area (Å²) in [6.07, 6.45) is 14.6. The molecular formula is C31H35NO5. The second kappa shape index (κ2) is 13.0. The first-order valence-electron chi connectivity index (χ1n) is 13.2. The van der Waals surface area contributed by atoms with Crippen LogP contribution in [0.3, 0.4) is 0 Å². The summed E-state index contributed by atoms with van der Waals surface area (Å²) in [6.45, 7) is 0.438. The van der Waals surface area contributed by atoms with Crippen LogP contribution in [0, 0.1) is 5.92 Å². The highest BCUT2D eigenvalue weighted by molar-refractivity contribution is 5.95. The van der Waals surface area contributed by atoms with Crippen molar-refractivity contribution in [1.82, 2.24) is 0 Å². The molecule has 1 amide bonds. The zero-order valence-electron chi connectivity index (χ0n) is 21.4. The van der Waals surface area contributed by atoms with Crippen LogP contribution in [0.4, 0.5) is 5.69 Å².